The minimum Gasteiger partial charge on any atom is -0.344 e. The third-order valence-electron chi connectivity index (χ3n) is 9.41. The zero-order valence-electron chi connectivity index (χ0n) is 25.5. The van der Waals surface area contributed by atoms with Crippen LogP contribution in [0.15, 0.2) is 158 Å². The molecule has 0 bridgehead atoms. The molecule has 0 unspecified atom stereocenters. The lowest BCUT2D eigenvalue weighted by molar-refractivity contribution is 1.07. The first-order valence-corrected chi connectivity index (χ1v) is 15.8. The van der Waals surface area contributed by atoms with Gasteiger partial charge in [-0.1, -0.05) is 121 Å². The maximum atomic E-state index is 3.57. The van der Waals surface area contributed by atoms with Crippen LogP contribution in [0.2, 0.25) is 0 Å². The van der Waals surface area contributed by atoms with Crippen LogP contribution in [0.1, 0.15) is 0 Å². The molecule has 216 valence electrons. The largest absolute Gasteiger partial charge is 0.344 e. The molecule has 0 saturated heterocycles. The lowest BCUT2D eigenvalue weighted by atomic mass is 9.98. The van der Waals surface area contributed by atoms with Crippen LogP contribution >= 0.6 is 0 Å². The van der Waals surface area contributed by atoms with Crippen molar-refractivity contribution in [2.45, 2.75) is 0 Å². The summed E-state index contributed by atoms with van der Waals surface area (Å²) < 4.78 is 2.40. The van der Waals surface area contributed by atoms with E-state index in [9.17, 15) is 0 Å². The summed E-state index contributed by atoms with van der Waals surface area (Å²) in [5.74, 6) is 0. The lowest BCUT2D eigenvalue weighted by Crippen LogP contribution is -2.25. The first kappa shape index (κ1) is 26.3. The molecular weight excluding hydrogens is 556 g/mol. The fraction of sp³-hybridized carbons (Fsp3) is 0.0227. The van der Waals surface area contributed by atoms with Gasteiger partial charge in [0.05, 0.1) is 21.8 Å². The maximum absolute atomic E-state index is 3.57. The molecule has 2 nitrogen and oxygen atoms in total. The number of fused-ring (bicyclic) bond motifs is 6. The van der Waals surface area contributed by atoms with Crippen LogP contribution in [0.25, 0.3) is 72.2 Å². The highest BCUT2D eigenvalue weighted by Gasteiger charge is 2.19. The third-order valence-corrected chi connectivity index (χ3v) is 9.41. The van der Waals surface area contributed by atoms with Crippen LogP contribution in [-0.2, 0) is 0 Å². The van der Waals surface area contributed by atoms with Crippen LogP contribution in [-0.4, -0.2) is 11.6 Å². The Morgan fingerprint density at radius 3 is 2.02 bits per heavy atom. The Labute approximate surface area is 267 Å². The molecule has 0 radical (unpaired) electrons. The van der Waals surface area contributed by atoms with Gasteiger partial charge in [-0.15, -0.1) is 5.73 Å². The topological polar surface area (TPSA) is 8.17 Å². The smallest absolute Gasteiger partial charge is 0.0625 e. The summed E-state index contributed by atoms with van der Waals surface area (Å²) in [6.07, 6.45) is 4.24. The van der Waals surface area contributed by atoms with Gasteiger partial charge in [-0.2, -0.15) is 0 Å². The molecule has 1 aliphatic carbocycles. The van der Waals surface area contributed by atoms with E-state index in [0.717, 1.165) is 16.6 Å². The van der Waals surface area contributed by atoms with Gasteiger partial charge in [-0.05, 0) is 80.9 Å². The summed E-state index contributed by atoms with van der Waals surface area (Å²) in [4.78, 5) is 2.31. The second kappa shape index (κ2) is 10.5. The van der Waals surface area contributed by atoms with Crippen LogP contribution in [0.3, 0.4) is 0 Å². The van der Waals surface area contributed by atoms with Crippen molar-refractivity contribution in [3.8, 4) is 27.9 Å². The molecule has 0 amide bonds. The van der Waals surface area contributed by atoms with Crippen molar-refractivity contribution in [3.63, 3.8) is 0 Å². The molecule has 0 N–H and O–H groups in total. The molecule has 0 atom stereocenters. The third kappa shape index (κ3) is 4.13. The molecule has 0 fully saturated rings. The average molecular weight is 587 g/mol. The predicted octanol–water partition coefficient (Wildman–Crippen LogP) is 9.77. The summed E-state index contributed by atoms with van der Waals surface area (Å²) in [6.45, 7) is 0. The summed E-state index contributed by atoms with van der Waals surface area (Å²) in [5, 5.41) is 8.56. The van der Waals surface area contributed by atoms with E-state index in [1.54, 1.807) is 0 Å². The van der Waals surface area contributed by atoms with Gasteiger partial charge in [0.15, 0.2) is 0 Å². The summed E-state index contributed by atoms with van der Waals surface area (Å²) in [6, 6.07) is 54.7. The van der Waals surface area contributed by atoms with Crippen molar-refractivity contribution >= 4 is 55.6 Å². The molecule has 0 aliphatic heterocycles. The quantitative estimate of drug-likeness (QED) is 0.195. The molecule has 0 spiro atoms. The number of allylic oxidation sites excluding steroid dienone is 1. The predicted molar refractivity (Wildman–Crippen MR) is 195 cm³/mol. The number of anilines is 2. The van der Waals surface area contributed by atoms with Crippen molar-refractivity contribution in [1.82, 2.24) is 4.57 Å². The van der Waals surface area contributed by atoms with E-state index < -0.39 is 0 Å². The zero-order valence-corrected chi connectivity index (χ0v) is 25.5. The summed E-state index contributed by atoms with van der Waals surface area (Å²) in [7, 11) is 2.17. The first-order chi connectivity index (χ1) is 22.7. The summed E-state index contributed by atoms with van der Waals surface area (Å²) >= 11 is 0. The number of rotatable bonds is 5. The molecule has 8 aromatic rings. The zero-order chi connectivity index (χ0) is 30.6. The molecule has 7 aromatic carbocycles. The van der Waals surface area contributed by atoms with E-state index in [1.807, 2.05) is 6.08 Å². The van der Waals surface area contributed by atoms with E-state index >= 15 is 0 Å². The number of aromatic nitrogens is 1. The highest BCUT2D eigenvalue weighted by molar-refractivity contribution is 6.14. The Bertz CT molecular complexity index is 2600. The molecule has 1 heterocycles. The second-order valence-electron chi connectivity index (χ2n) is 12.0. The van der Waals surface area contributed by atoms with Crippen molar-refractivity contribution in [3.05, 3.63) is 168 Å². The van der Waals surface area contributed by atoms with E-state index in [0.29, 0.717) is 0 Å². The van der Waals surface area contributed by atoms with Gasteiger partial charge < -0.3 is 9.47 Å². The summed E-state index contributed by atoms with van der Waals surface area (Å²) in [5.41, 5.74) is 13.1. The van der Waals surface area contributed by atoms with E-state index in [2.05, 4.69) is 180 Å². The van der Waals surface area contributed by atoms with Gasteiger partial charge in [-0.25, -0.2) is 0 Å². The SMILES string of the molecule is CN(c1ccc(-c2ccccc2)cc1)c1cc2c(c3c(n2-c2ccc(-c4cccc5ccccc45)cc2)=CC=C=3)c2ccccc12. The van der Waals surface area contributed by atoms with Crippen LogP contribution in [0.5, 0.6) is 0 Å². The van der Waals surface area contributed by atoms with Crippen LogP contribution in [0, 0.1) is 0 Å². The highest BCUT2D eigenvalue weighted by atomic mass is 15.1. The Balaban J connectivity index is 1.20. The van der Waals surface area contributed by atoms with Crippen molar-refractivity contribution in [1.29, 1.82) is 0 Å². The number of hydrogen-bond acceptors (Lipinski definition) is 1. The van der Waals surface area contributed by atoms with Gasteiger partial charge in [0.25, 0.3) is 0 Å². The molecule has 9 rings (SSSR count). The molecular formula is C44H30N2. The van der Waals surface area contributed by atoms with Crippen LogP contribution in [0.4, 0.5) is 11.4 Å². The van der Waals surface area contributed by atoms with E-state index in [1.165, 1.54) is 65.7 Å². The van der Waals surface area contributed by atoms with Gasteiger partial charge in [-0.3, -0.25) is 0 Å². The maximum Gasteiger partial charge on any atom is 0.0625 e. The Morgan fingerprint density at radius 2 is 1.22 bits per heavy atom. The molecule has 0 saturated carbocycles. The number of hydrogen-bond donors (Lipinski definition) is 0. The fourth-order valence-electron chi connectivity index (χ4n) is 7.13. The molecule has 2 heteroatoms. The highest BCUT2D eigenvalue weighted by Crippen LogP contribution is 2.37. The number of benzene rings is 7. The lowest BCUT2D eigenvalue weighted by Gasteiger charge is -2.23. The minimum atomic E-state index is 1.14. The number of nitrogens with zero attached hydrogens (tertiary/aromatic N) is 2. The Morgan fingerprint density at radius 1 is 0.565 bits per heavy atom. The second-order valence-corrected chi connectivity index (χ2v) is 12.0. The monoisotopic (exact) mass is 586 g/mol. The van der Waals surface area contributed by atoms with E-state index in [4.69, 9.17) is 0 Å². The van der Waals surface area contributed by atoms with Gasteiger partial charge in [0.2, 0.25) is 0 Å². The first-order valence-electron chi connectivity index (χ1n) is 15.8. The van der Waals surface area contributed by atoms with Crippen molar-refractivity contribution < 1.29 is 0 Å². The molecule has 46 heavy (non-hydrogen) atoms. The van der Waals surface area contributed by atoms with Gasteiger partial charge >= 0.3 is 0 Å². The Hall–Kier alpha value is -6.08. The van der Waals surface area contributed by atoms with Gasteiger partial charge in [0, 0.05) is 29.2 Å². The van der Waals surface area contributed by atoms with E-state index in [-0.39, 0.29) is 0 Å². The molecule has 1 aromatic heterocycles. The Kier molecular flexibility index (Phi) is 6.03. The van der Waals surface area contributed by atoms with Crippen LogP contribution < -0.4 is 15.5 Å². The average Bonchev–Trinajstić information content (AvgIpc) is 3.72. The van der Waals surface area contributed by atoms with Gasteiger partial charge in [0.1, 0.15) is 0 Å². The minimum absolute atomic E-state index is 1.14. The van der Waals surface area contributed by atoms with Crippen molar-refractivity contribution in [2.24, 2.45) is 0 Å². The molecule has 1 aliphatic rings. The van der Waals surface area contributed by atoms with Crippen molar-refractivity contribution in [2.75, 3.05) is 11.9 Å². The fourth-order valence-corrected chi connectivity index (χ4v) is 7.13. The normalized spacial score (nSPS) is 11.9. The standard InChI is InChI=1S/C44H30N2/c1-45(34-25-21-31(22-26-34)30-11-3-2-4-12-30)42-29-43-44(39-17-8-7-16-38(39)42)40-19-10-20-41(40)46(43)35-27-23-33(24-28-35)37-18-9-14-32-13-5-6-15-36(32)37/h2-18,20-29H,1H3.